The van der Waals surface area contributed by atoms with Crippen molar-refractivity contribution in [1.82, 2.24) is 29.3 Å². The SMILES string of the molecule is [2H]C([2H])([2H])[C@@H]1CN(c2nc(-n3ccc(OCC(C)(C)C)n3)ccc2C(=O)NS(=O)(=O)c2cn(C)nc2C)C(C)(C)C1([2H])[2H]. The third kappa shape index (κ3) is 5.85. The monoisotopic (exact) mass is 548 g/mol. The number of aromatic nitrogens is 5. The van der Waals surface area contributed by atoms with Crippen molar-refractivity contribution < 1.29 is 24.8 Å². The zero-order valence-corrected chi connectivity index (χ0v) is 23.4. The Balaban J connectivity index is 1.80. The second kappa shape index (κ2) is 9.72. The van der Waals surface area contributed by atoms with E-state index in [1.807, 2.05) is 20.8 Å². The summed E-state index contributed by atoms with van der Waals surface area (Å²) < 4.78 is 78.3. The van der Waals surface area contributed by atoms with Gasteiger partial charge in [-0.15, -0.1) is 5.10 Å². The summed E-state index contributed by atoms with van der Waals surface area (Å²) >= 11 is 0. The molecule has 38 heavy (non-hydrogen) atoms. The Kier molecular flexibility index (Phi) is 5.50. The van der Waals surface area contributed by atoms with Crippen molar-refractivity contribution in [3.05, 3.63) is 41.9 Å². The second-order valence-electron chi connectivity index (χ2n) is 11.0. The van der Waals surface area contributed by atoms with Crippen LogP contribution in [0.25, 0.3) is 5.82 Å². The maximum Gasteiger partial charge on any atom is 0.268 e. The summed E-state index contributed by atoms with van der Waals surface area (Å²) in [5.41, 5.74) is -1.58. The minimum Gasteiger partial charge on any atom is -0.476 e. The standard InChI is InChI=1S/C26H37N7O4S/c1-17-13-26(6,7)32(14-17)23-19(24(34)30-38(35,36)20-15-31(8)28-18(20)2)9-10-21(27-23)33-12-11-22(29-33)37-16-25(3,4)5/h9-12,15,17H,13-14,16H2,1-8H3,(H,30,34)/t17-/m0/s1/i1D3,13D2. The molecule has 3 aromatic rings. The van der Waals surface area contributed by atoms with E-state index in [4.69, 9.17) is 11.6 Å². The number of hydrogen-bond acceptors (Lipinski definition) is 8. The zero-order valence-electron chi connectivity index (χ0n) is 27.6. The van der Waals surface area contributed by atoms with E-state index in [1.54, 1.807) is 19.3 Å². The van der Waals surface area contributed by atoms with Crippen molar-refractivity contribution in [2.24, 2.45) is 18.4 Å². The van der Waals surface area contributed by atoms with Gasteiger partial charge in [-0.25, -0.2) is 22.8 Å². The molecule has 0 aromatic carbocycles. The predicted molar refractivity (Wildman–Crippen MR) is 144 cm³/mol. The van der Waals surface area contributed by atoms with Crippen LogP contribution in [0.15, 0.2) is 35.5 Å². The summed E-state index contributed by atoms with van der Waals surface area (Å²) in [6.45, 7) is 8.03. The van der Waals surface area contributed by atoms with Crippen LogP contribution in [0.4, 0.5) is 5.82 Å². The van der Waals surface area contributed by atoms with Crippen LogP contribution >= 0.6 is 0 Å². The Bertz CT molecular complexity index is 1640. The molecule has 206 valence electrons. The van der Waals surface area contributed by atoms with Crippen molar-refractivity contribution in [3.63, 3.8) is 0 Å². The molecule has 0 spiro atoms. The number of nitrogens with one attached hydrogen (secondary N) is 1. The van der Waals surface area contributed by atoms with Crippen LogP contribution in [0.2, 0.25) is 0 Å². The Hall–Kier alpha value is -3.41. The number of rotatable bonds is 7. The van der Waals surface area contributed by atoms with E-state index in [1.165, 1.54) is 53.4 Å². The van der Waals surface area contributed by atoms with Crippen LogP contribution < -0.4 is 14.4 Å². The molecule has 1 atom stereocenters. The number of pyridine rings is 1. The maximum absolute atomic E-state index is 13.6. The van der Waals surface area contributed by atoms with Gasteiger partial charge in [-0.05, 0) is 50.6 Å². The highest BCUT2D eigenvalue weighted by molar-refractivity contribution is 7.90. The Morgan fingerprint density at radius 2 is 2.03 bits per heavy atom. The van der Waals surface area contributed by atoms with Crippen LogP contribution in [0.5, 0.6) is 5.88 Å². The lowest BCUT2D eigenvalue weighted by Crippen LogP contribution is -2.41. The lowest BCUT2D eigenvalue weighted by Gasteiger charge is -2.34. The third-order valence-corrected chi connectivity index (χ3v) is 7.30. The van der Waals surface area contributed by atoms with Crippen LogP contribution in [0.3, 0.4) is 0 Å². The number of nitrogens with zero attached hydrogens (tertiary/aromatic N) is 6. The number of carbonyl (C=O) groups excluding carboxylic acids is 1. The molecule has 0 bridgehead atoms. The van der Waals surface area contributed by atoms with Crippen LogP contribution in [-0.4, -0.2) is 57.6 Å². The van der Waals surface area contributed by atoms with Gasteiger partial charge in [0.25, 0.3) is 15.9 Å². The first-order valence-corrected chi connectivity index (χ1v) is 13.6. The van der Waals surface area contributed by atoms with Crippen molar-refractivity contribution >= 4 is 21.7 Å². The van der Waals surface area contributed by atoms with Gasteiger partial charge in [-0.3, -0.25) is 9.48 Å². The highest BCUT2D eigenvalue weighted by atomic mass is 32.2. The molecule has 4 heterocycles. The van der Waals surface area contributed by atoms with E-state index in [0.717, 1.165) is 0 Å². The van der Waals surface area contributed by atoms with E-state index in [2.05, 4.69) is 19.9 Å². The summed E-state index contributed by atoms with van der Waals surface area (Å²) in [5, 5.41) is 8.43. The molecule has 11 nitrogen and oxygen atoms in total. The smallest absolute Gasteiger partial charge is 0.268 e. The average Bonchev–Trinajstić information content (AvgIpc) is 3.51. The van der Waals surface area contributed by atoms with Gasteiger partial charge in [0.2, 0.25) is 5.88 Å². The van der Waals surface area contributed by atoms with Crippen molar-refractivity contribution in [2.45, 2.75) is 65.2 Å². The highest BCUT2D eigenvalue weighted by Gasteiger charge is 2.39. The molecule has 0 unspecified atom stereocenters. The molecule has 0 radical (unpaired) electrons. The molecule has 0 saturated carbocycles. The number of sulfonamides is 1. The second-order valence-corrected chi connectivity index (χ2v) is 12.7. The first-order chi connectivity index (χ1) is 19.5. The van der Waals surface area contributed by atoms with Crippen LogP contribution in [0.1, 0.15) is 70.7 Å². The molecular formula is C26H37N7O4S. The molecule has 1 aliphatic rings. The first-order valence-electron chi connectivity index (χ1n) is 14.6. The zero-order chi connectivity index (χ0) is 32.3. The fourth-order valence-corrected chi connectivity index (χ4v) is 5.32. The van der Waals surface area contributed by atoms with E-state index >= 15 is 0 Å². The molecule has 12 heteroatoms. The Morgan fingerprint density at radius 1 is 1.29 bits per heavy atom. The number of carbonyl (C=O) groups is 1. The number of anilines is 1. The molecule has 3 aromatic heterocycles. The number of ether oxygens (including phenoxy) is 1. The van der Waals surface area contributed by atoms with Crippen LogP contribution in [0, 0.1) is 18.3 Å². The number of hydrogen-bond donors (Lipinski definition) is 1. The fourth-order valence-electron chi connectivity index (χ4n) is 4.14. The van der Waals surface area contributed by atoms with Gasteiger partial charge in [-0.1, -0.05) is 27.6 Å². The largest absolute Gasteiger partial charge is 0.476 e. The first kappa shape index (κ1) is 21.5. The summed E-state index contributed by atoms with van der Waals surface area (Å²) in [5.74, 6) is -1.99. The minimum absolute atomic E-state index is 0.0959. The summed E-state index contributed by atoms with van der Waals surface area (Å²) in [6.07, 6.45) is 0.630. The summed E-state index contributed by atoms with van der Waals surface area (Å²) in [4.78, 5) is 19.4. The molecule has 4 rings (SSSR count). The lowest BCUT2D eigenvalue weighted by atomic mass is 9.97. The van der Waals surface area contributed by atoms with Crippen molar-refractivity contribution in [3.8, 4) is 11.7 Å². The van der Waals surface area contributed by atoms with Crippen molar-refractivity contribution in [2.75, 3.05) is 18.1 Å². The molecule has 1 N–H and O–H groups in total. The van der Waals surface area contributed by atoms with E-state index in [0.29, 0.717) is 12.5 Å². The minimum atomic E-state index is -4.35. The van der Waals surface area contributed by atoms with Gasteiger partial charge in [0, 0.05) is 44.4 Å². The van der Waals surface area contributed by atoms with E-state index in [-0.39, 0.29) is 39.7 Å². The average molecular weight is 549 g/mol. The van der Waals surface area contributed by atoms with E-state index < -0.39 is 40.6 Å². The van der Waals surface area contributed by atoms with Gasteiger partial charge in [0.15, 0.2) is 5.82 Å². The van der Waals surface area contributed by atoms with Gasteiger partial charge < -0.3 is 9.64 Å². The topological polar surface area (TPSA) is 124 Å². The lowest BCUT2D eigenvalue weighted by molar-refractivity contribution is 0.0981. The van der Waals surface area contributed by atoms with Crippen molar-refractivity contribution in [1.29, 1.82) is 0 Å². The molecular weight excluding hydrogens is 506 g/mol. The number of aryl methyl sites for hydroxylation is 2. The summed E-state index contributed by atoms with van der Waals surface area (Å²) in [6, 6.07) is 4.45. The Morgan fingerprint density at radius 3 is 2.63 bits per heavy atom. The highest BCUT2D eigenvalue weighted by Crippen LogP contribution is 2.37. The molecule has 1 fully saturated rings. The molecule has 1 saturated heterocycles. The van der Waals surface area contributed by atoms with Gasteiger partial charge in [0.05, 0.1) is 17.9 Å². The predicted octanol–water partition coefficient (Wildman–Crippen LogP) is 3.48. The normalized spacial score (nSPS) is 21.2. The third-order valence-electron chi connectivity index (χ3n) is 5.87. The van der Waals surface area contributed by atoms with E-state index in [9.17, 15) is 13.2 Å². The molecule has 0 aliphatic carbocycles. The van der Waals surface area contributed by atoms with Gasteiger partial charge in [0.1, 0.15) is 10.7 Å². The van der Waals surface area contributed by atoms with Gasteiger partial charge >= 0.3 is 0 Å². The van der Waals surface area contributed by atoms with Gasteiger partial charge in [-0.2, -0.15) is 5.10 Å². The van der Waals surface area contributed by atoms with Crippen LogP contribution in [-0.2, 0) is 17.1 Å². The maximum atomic E-state index is 13.6. The fraction of sp³-hybridized carbons (Fsp3) is 0.538. The molecule has 1 amide bonds. The number of amides is 1. The molecule has 1 aliphatic heterocycles. The quantitative estimate of drug-likeness (QED) is 0.476. The summed E-state index contributed by atoms with van der Waals surface area (Å²) in [7, 11) is -2.80. The Labute approximate surface area is 231 Å².